The monoisotopic (exact) mass is 348 g/mol. The minimum absolute atomic E-state index is 0.225. The van der Waals surface area contributed by atoms with Gasteiger partial charge < -0.3 is 9.30 Å². The number of imidazole rings is 1. The van der Waals surface area contributed by atoms with E-state index in [-0.39, 0.29) is 6.10 Å². The second-order valence-electron chi connectivity index (χ2n) is 8.40. The Bertz CT molecular complexity index is 891. The first-order chi connectivity index (χ1) is 12.5. The standard InChI is InChI=1S/C23H28N2O/c1-23(2)12-11-21(20(15-23)22-24-13-14-25(22)3)26-16-18-9-6-8-17-7-4-5-10-19(17)18/h4-10,13-14,20-21H,11-12,15-16H2,1-3H3. The molecule has 0 spiro atoms. The lowest BCUT2D eigenvalue weighted by molar-refractivity contribution is -0.0241. The average molecular weight is 348 g/mol. The van der Waals surface area contributed by atoms with Crippen LogP contribution >= 0.6 is 0 Å². The lowest BCUT2D eigenvalue weighted by atomic mass is 9.70. The van der Waals surface area contributed by atoms with Gasteiger partial charge in [-0.25, -0.2) is 4.98 Å². The summed E-state index contributed by atoms with van der Waals surface area (Å²) in [4.78, 5) is 4.64. The van der Waals surface area contributed by atoms with E-state index >= 15 is 0 Å². The first-order valence-corrected chi connectivity index (χ1v) is 9.59. The van der Waals surface area contributed by atoms with Crippen molar-refractivity contribution < 1.29 is 4.74 Å². The van der Waals surface area contributed by atoms with E-state index < -0.39 is 0 Å². The van der Waals surface area contributed by atoms with Crippen LogP contribution in [0.25, 0.3) is 10.8 Å². The first kappa shape index (κ1) is 17.3. The lowest BCUT2D eigenvalue weighted by Crippen LogP contribution is -2.35. The van der Waals surface area contributed by atoms with Gasteiger partial charge in [-0.05, 0) is 41.0 Å². The predicted molar refractivity (Wildman–Crippen MR) is 106 cm³/mol. The number of hydrogen-bond acceptors (Lipinski definition) is 2. The highest BCUT2D eigenvalue weighted by molar-refractivity contribution is 5.85. The molecule has 1 aliphatic rings. The molecule has 3 aromatic rings. The van der Waals surface area contributed by atoms with Crippen molar-refractivity contribution in [3.63, 3.8) is 0 Å². The van der Waals surface area contributed by atoms with E-state index in [2.05, 4.69) is 72.9 Å². The zero-order chi connectivity index (χ0) is 18.1. The summed E-state index contributed by atoms with van der Waals surface area (Å²) in [6.07, 6.45) is 7.59. The van der Waals surface area contributed by atoms with E-state index in [0.717, 1.165) is 18.7 Å². The quantitative estimate of drug-likeness (QED) is 0.626. The van der Waals surface area contributed by atoms with Crippen molar-refractivity contribution in [3.05, 3.63) is 66.2 Å². The first-order valence-electron chi connectivity index (χ1n) is 9.59. The van der Waals surface area contributed by atoms with Crippen molar-refractivity contribution in [2.75, 3.05) is 0 Å². The third kappa shape index (κ3) is 3.41. The van der Waals surface area contributed by atoms with Gasteiger partial charge >= 0.3 is 0 Å². The Balaban J connectivity index is 1.57. The normalized spacial score (nSPS) is 22.6. The Labute approximate surface area is 156 Å². The fourth-order valence-electron chi connectivity index (χ4n) is 4.37. The molecule has 3 heteroatoms. The smallest absolute Gasteiger partial charge is 0.114 e. The minimum atomic E-state index is 0.225. The van der Waals surface area contributed by atoms with Gasteiger partial charge in [0.2, 0.25) is 0 Å². The van der Waals surface area contributed by atoms with Gasteiger partial charge in [0.05, 0.1) is 12.7 Å². The molecule has 136 valence electrons. The number of benzene rings is 2. The Hall–Kier alpha value is -2.13. The van der Waals surface area contributed by atoms with Gasteiger partial charge in [0, 0.05) is 25.4 Å². The third-order valence-corrected chi connectivity index (χ3v) is 5.85. The van der Waals surface area contributed by atoms with Crippen molar-refractivity contribution in [1.29, 1.82) is 0 Å². The van der Waals surface area contributed by atoms with Crippen molar-refractivity contribution in [2.45, 2.75) is 51.7 Å². The Morgan fingerprint density at radius 2 is 1.96 bits per heavy atom. The van der Waals surface area contributed by atoms with E-state index in [0.29, 0.717) is 17.9 Å². The minimum Gasteiger partial charge on any atom is -0.373 e. The van der Waals surface area contributed by atoms with Crippen molar-refractivity contribution >= 4 is 10.8 Å². The molecule has 0 radical (unpaired) electrons. The van der Waals surface area contributed by atoms with Crippen molar-refractivity contribution in [2.24, 2.45) is 12.5 Å². The maximum Gasteiger partial charge on any atom is 0.114 e. The maximum absolute atomic E-state index is 6.51. The molecule has 0 aliphatic heterocycles. The zero-order valence-electron chi connectivity index (χ0n) is 16.0. The van der Waals surface area contributed by atoms with E-state index in [1.807, 2.05) is 12.4 Å². The molecule has 4 rings (SSSR count). The van der Waals surface area contributed by atoms with Crippen LogP contribution in [0.5, 0.6) is 0 Å². The van der Waals surface area contributed by atoms with Gasteiger partial charge in [-0.15, -0.1) is 0 Å². The second-order valence-corrected chi connectivity index (χ2v) is 8.40. The average Bonchev–Trinajstić information content (AvgIpc) is 3.06. The molecule has 1 fully saturated rings. The molecule has 2 unspecified atom stereocenters. The van der Waals surface area contributed by atoms with Crippen LogP contribution in [0.1, 0.15) is 50.4 Å². The Morgan fingerprint density at radius 1 is 1.15 bits per heavy atom. The highest BCUT2D eigenvalue weighted by Gasteiger charge is 2.38. The number of aromatic nitrogens is 2. The molecular formula is C23H28N2O. The summed E-state index contributed by atoms with van der Waals surface area (Å²) >= 11 is 0. The summed E-state index contributed by atoms with van der Waals surface area (Å²) in [5.74, 6) is 1.51. The topological polar surface area (TPSA) is 27.1 Å². The molecule has 0 N–H and O–H groups in total. The van der Waals surface area contributed by atoms with Crippen molar-refractivity contribution in [1.82, 2.24) is 9.55 Å². The van der Waals surface area contributed by atoms with E-state index in [1.54, 1.807) is 0 Å². The highest BCUT2D eigenvalue weighted by Crippen LogP contribution is 2.44. The van der Waals surface area contributed by atoms with Crippen LogP contribution < -0.4 is 0 Å². The summed E-state index contributed by atoms with van der Waals surface area (Å²) in [6.45, 7) is 5.39. The Kier molecular flexibility index (Phi) is 4.58. The van der Waals surface area contributed by atoms with E-state index in [4.69, 9.17) is 4.74 Å². The molecule has 1 saturated carbocycles. The van der Waals surface area contributed by atoms with Gasteiger partial charge in [0.1, 0.15) is 5.82 Å². The fourth-order valence-corrected chi connectivity index (χ4v) is 4.37. The molecule has 26 heavy (non-hydrogen) atoms. The van der Waals surface area contributed by atoms with E-state index in [9.17, 15) is 0 Å². The number of aryl methyl sites for hydroxylation is 1. The molecular weight excluding hydrogens is 320 g/mol. The molecule has 2 aromatic carbocycles. The second kappa shape index (κ2) is 6.88. The van der Waals surface area contributed by atoms with Crippen LogP contribution in [-0.4, -0.2) is 15.7 Å². The predicted octanol–water partition coefficient (Wildman–Crippen LogP) is 5.45. The van der Waals surface area contributed by atoms with Gasteiger partial charge in [-0.3, -0.25) is 0 Å². The third-order valence-electron chi connectivity index (χ3n) is 5.85. The molecule has 3 nitrogen and oxygen atoms in total. The van der Waals surface area contributed by atoms with Crippen LogP contribution in [0.2, 0.25) is 0 Å². The number of fused-ring (bicyclic) bond motifs is 1. The van der Waals surface area contributed by atoms with Crippen LogP contribution in [0.3, 0.4) is 0 Å². The molecule has 1 heterocycles. The largest absolute Gasteiger partial charge is 0.373 e. The summed E-state index contributed by atoms with van der Waals surface area (Å²) in [5, 5.41) is 2.57. The molecule has 1 aromatic heterocycles. The van der Waals surface area contributed by atoms with Gasteiger partial charge in [-0.1, -0.05) is 56.3 Å². The highest BCUT2D eigenvalue weighted by atomic mass is 16.5. The summed E-state index contributed by atoms with van der Waals surface area (Å²) in [7, 11) is 2.09. The van der Waals surface area contributed by atoms with Crippen LogP contribution in [0.15, 0.2) is 54.9 Å². The van der Waals surface area contributed by atoms with Gasteiger partial charge in [-0.2, -0.15) is 0 Å². The number of ether oxygens (including phenoxy) is 1. The van der Waals surface area contributed by atoms with Crippen molar-refractivity contribution in [3.8, 4) is 0 Å². The van der Waals surface area contributed by atoms with E-state index in [1.165, 1.54) is 22.8 Å². The van der Waals surface area contributed by atoms with Crippen LogP contribution in [0, 0.1) is 5.41 Å². The molecule has 0 amide bonds. The Morgan fingerprint density at radius 3 is 2.77 bits per heavy atom. The molecule has 2 atom stereocenters. The number of rotatable bonds is 4. The SMILES string of the molecule is Cn1ccnc1C1CC(C)(C)CCC1OCc1cccc2ccccc12. The number of hydrogen-bond donors (Lipinski definition) is 0. The summed E-state index contributed by atoms with van der Waals surface area (Å²) in [6, 6.07) is 15.0. The van der Waals surface area contributed by atoms with Crippen LogP contribution in [0.4, 0.5) is 0 Å². The number of nitrogens with zero attached hydrogens (tertiary/aromatic N) is 2. The molecule has 0 saturated heterocycles. The fraction of sp³-hybridized carbons (Fsp3) is 0.435. The van der Waals surface area contributed by atoms with Gasteiger partial charge in [0.25, 0.3) is 0 Å². The summed E-state index contributed by atoms with van der Waals surface area (Å²) in [5.41, 5.74) is 1.61. The maximum atomic E-state index is 6.51. The molecule has 0 bridgehead atoms. The molecule has 1 aliphatic carbocycles. The lowest BCUT2D eigenvalue weighted by Gasteiger charge is -2.40. The van der Waals surface area contributed by atoms with Crippen LogP contribution in [-0.2, 0) is 18.4 Å². The van der Waals surface area contributed by atoms with Gasteiger partial charge in [0.15, 0.2) is 0 Å². The zero-order valence-corrected chi connectivity index (χ0v) is 16.0. The summed E-state index contributed by atoms with van der Waals surface area (Å²) < 4.78 is 8.66.